The third kappa shape index (κ3) is 3.32. The molecule has 0 aliphatic rings. The van der Waals surface area contributed by atoms with Crippen LogP contribution in [0.5, 0.6) is 0 Å². The second-order valence-electron chi connectivity index (χ2n) is 5.05. The molecule has 0 saturated carbocycles. The number of nitrogens with zero attached hydrogens (tertiary/aromatic N) is 2. The van der Waals surface area contributed by atoms with E-state index >= 15 is 0 Å². The molecule has 1 amide bonds. The Labute approximate surface area is 112 Å². The molecule has 0 bridgehead atoms. The lowest BCUT2D eigenvalue weighted by Crippen LogP contribution is -2.34. The molecule has 102 valence electrons. The number of benzene rings is 1. The SMILES string of the molecule is CC(CN)CN(C)C(=O)Cc1ccc2nc[nH]c2c1. The zero-order valence-corrected chi connectivity index (χ0v) is 11.4. The first-order valence-electron chi connectivity index (χ1n) is 6.46. The number of carbonyl (C=O) groups excluding carboxylic acids is 1. The number of likely N-dealkylation sites (N-methyl/N-ethyl adjacent to an activating group) is 1. The van der Waals surface area contributed by atoms with Gasteiger partial charge >= 0.3 is 0 Å². The zero-order valence-electron chi connectivity index (χ0n) is 11.4. The van der Waals surface area contributed by atoms with Crippen molar-refractivity contribution < 1.29 is 4.79 Å². The Morgan fingerprint density at radius 1 is 1.53 bits per heavy atom. The number of H-pyrrole nitrogens is 1. The highest BCUT2D eigenvalue weighted by Crippen LogP contribution is 2.12. The molecule has 2 rings (SSSR count). The number of aromatic amines is 1. The smallest absolute Gasteiger partial charge is 0.226 e. The number of nitrogens with one attached hydrogen (secondary N) is 1. The van der Waals surface area contributed by atoms with Crippen LogP contribution in [0, 0.1) is 5.92 Å². The zero-order chi connectivity index (χ0) is 13.8. The van der Waals surface area contributed by atoms with Gasteiger partial charge in [0.1, 0.15) is 0 Å². The van der Waals surface area contributed by atoms with Crippen molar-refractivity contribution in [1.29, 1.82) is 0 Å². The number of fused-ring (bicyclic) bond motifs is 1. The fourth-order valence-corrected chi connectivity index (χ4v) is 2.05. The Bertz CT molecular complexity index is 563. The Hall–Kier alpha value is -1.88. The molecule has 1 unspecified atom stereocenters. The molecular weight excluding hydrogens is 240 g/mol. The van der Waals surface area contributed by atoms with Crippen molar-refractivity contribution >= 4 is 16.9 Å². The van der Waals surface area contributed by atoms with Crippen LogP contribution in [0.1, 0.15) is 12.5 Å². The van der Waals surface area contributed by atoms with Crippen LogP contribution >= 0.6 is 0 Å². The van der Waals surface area contributed by atoms with E-state index in [1.807, 2.05) is 32.2 Å². The number of rotatable bonds is 5. The van der Waals surface area contributed by atoms with Gasteiger partial charge in [-0.2, -0.15) is 0 Å². The van der Waals surface area contributed by atoms with Crippen molar-refractivity contribution in [2.75, 3.05) is 20.1 Å². The van der Waals surface area contributed by atoms with E-state index < -0.39 is 0 Å². The van der Waals surface area contributed by atoms with E-state index in [9.17, 15) is 4.79 Å². The van der Waals surface area contributed by atoms with E-state index in [0.29, 0.717) is 25.4 Å². The van der Waals surface area contributed by atoms with Crippen molar-refractivity contribution in [3.63, 3.8) is 0 Å². The van der Waals surface area contributed by atoms with Crippen LogP contribution in [0.3, 0.4) is 0 Å². The van der Waals surface area contributed by atoms with Gasteiger partial charge in [0.05, 0.1) is 23.8 Å². The predicted molar refractivity (Wildman–Crippen MR) is 75.7 cm³/mol. The van der Waals surface area contributed by atoms with Crippen molar-refractivity contribution in [2.24, 2.45) is 11.7 Å². The lowest BCUT2D eigenvalue weighted by molar-refractivity contribution is -0.129. The van der Waals surface area contributed by atoms with Crippen LogP contribution in [-0.4, -0.2) is 40.9 Å². The van der Waals surface area contributed by atoms with Crippen LogP contribution in [0.15, 0.2) is 24.5 Å². The average Bonchev–Trinajstić information content (AvgIpc) is 2.85. The first-order chi connectivity index (χ1) is 9.10. The van der Waals surface area contributed by atoms with E-state index in [4.69, 9.17) is 5.73 Å². The molecule has 1 aromatic carbocycles. The Morgan fingerprint density at radius 2 is 2.32 bits per heavy atom. The van der Waals surface area contributed by atoms with Crippen LogP contribution in [0.2, 0.25) is 0 Å². The second kappa shape index (κ2) is 5.84. The van der Waals surface area contributed by atoms with Gasteiger partial charge in [0, 0.05) is 13.6 Å². The molecule has 1 atom stereocenters. The number of hydrogen-bond acceptors (Lipinski definition) is 3. The summed E-state index contributed by atoms with van der Waals surface area (Å²) >= 11 is 0. The summed E-state index contributed by atoms with van der Waals surface area (Å²) < 4.78 is 0. The van der Waals surface area contributed by atoms with E-state index in [1.165, 1.54) is 0 Å². The number of imidazole rings is 1. The Kier molecular flexibility index (Phi) is 4.16. The maximum Gasteiger partial charge on any atom is 0.226 e. The summed E-state index contributed by atoms with van der Waals surface area (Å²) in [5, 5.41) is 0. The van der Waals surface area contributed by atoms with Gasteiger partial charge in [0.15, 0.2) is 0 Å². The summed E-state index contributed by atoms with van der Waals surface area (Å²) in [6.07, 6.45) is 2.06. The van der Waals surface area contributed by atoms with Gasteiger partial charge < -0.3 is 15.6 Å². The molecule has 1 heterocycles. The molecule has 19 heavy (non-hydrogen) atoms. The van der Waals surface area contributed by atoms with Gasteiger partial charge in [-0.1, -0.05) is 13.0 Å². The minimum atomic E-state index is 0.110. The third-order valence-electron chi connectivity index (χ3n) is 3.25. The molecule has 0 spiro atoms. The molecule has 5 nitrogen and oxygen atoms in total. The van der Waals surface area contributed by atoms with Crippen molar-refractivity contribution in [1.82, 2.24) is 14.9 Å². The van der Waals surface area contributed by atoms with Crippen molar-refractivity contribution in [2.45, 2.75) is 13.3 Å². The van der Waals surface area contributed by atoms with Gasteiger partial charge in [0.25, 0.3) is 0 Å². The lowest BCUT2D eigenvalue weighted by atomic mass is 10.1. The summed E-state index contributed by atoms with van der Waals surface area (Å²) in [4.78, 5) is 21.1. The first kappa shape index (κ1) is 13.5. The minimum Gasteiger partial charge on any atom is -0.345 e. The quantitative estimate of drug-likeness (QED) is 0.847. The molecule has 3 N–H and O–H groups in total. The van der Waals surface area contributed by atoms with Gasteiger partial charge in [0.2, 0.25) is 5.91 Å². The summed E-state index contributed by atoms with van der Waals surface area (Å²) in [6.45, 7) is 3.33. The number of aromatic nitrogens is 2. The Balaban J connectivity index is 2.01. The predicted octanol–water partition coefficient (Wildman–Crippen LogP) is 1.16. The fraction of sp³-hybridized carbons (Fsp3) is 0.429. The monoisotopic (exact) mass is 260 g/mol. The maximum absolute atomic E-state index is 12.1. The van der Waals surface area contributed by atoms with Gasteiger partial charge in [-0.25, -0.2) is 4.98 Å². The highest BCUT2D eigenvalue weighted by atomic mass is 16.2. The summed E-state index contributed by atoms with van der Waals surface area (Å²) in [5.74, 6) is 0.434. The van der Waals surface area contributed by atoms with Crippen molar-refractivity contribution in [3.05, 3.63) is 30.1 Å². The Morgan fingerprint density at radius 3 is 3.05 bits per heavy atom. The van der Waals surface area contributed by atoms with E-state index in [1.54, 1.807) is 11.2 Å². The van der Waals surface area contributed by atoms with Gasteiger partial charge in [-0.15, -0.1) is 0 Å². The summed E-state index contributed by atoms with van der Waals surface area (Å²) in [6, 6.07) is 5.85. The number of nitrogens with two attached hydrogens (primary N) is 1. The normalized spacial score (nSPS) is 12.6. The fourth-order valence-electron chi connectivity index (χ4n) is 2.05. The molecule has 0 fully saturated rings. The highest BCUT2D eigenvalue weighted by molar-refractivity contribution is 5.81. The minimum absolute atomic E-state index is 0.110. The van der Waals surface area contributed by atoms with Crippen molar-refractivity contribution in [3.8, 4) is 0 Å². The molecule has 0 aliphatic carbocycles. The highest BCUT2D eigenvalue weighted by Gasteiger charge is 2.12. The third-order valence-corrected chi connectivity index (χ3v) is 3.25. The van der Waals surface area contributed by atoms with Gasteiger partial charge in [-0.05, 0) is 30.2 Å². The largest absolute Gasteiger partial charge is 0.345 e. The van der Waals surface area contributed by atoms with E-state index in [-0.39, 0.29) is 5.91 Å². The lowest BCUT2D eigenvalue weighted by Gasteiger charge is -2.20. The molecule has 0 aliphatic heterocycles. The molecule has 1 aromatic heterocycles. The standard InChI is InChI=1S/C14H20N4O/c1-10(7-15)8-18(2)14(19)6-11-3-4-12-13(5-11)17-9-16-12/h3-5,9-10H,6-8,15H2,1-2H3,(H,16,17). The second-order valence-corrected chi connectivity index (χ2v) is 5.05. The summed E-state index contributed by atoms with van der Waals surface area (Å²) in [7, 11) is 1.82. The average molecular weight is 260 g/mol. The van der Waals surface area contributed by atoms with Gasteiger partial charge in [-0.3, -0.25) is 4.79 Å². The van der Waals surface area contributed by atoms with E-state index in [2.05, 4.69) is 9.97 Å². The number of carbonyl (C=O) groups is 1. The van der Waals surface area contributed by atoms with Crippen LogP contribution in [0.4, 0.5) is 0 Å². The maximum atomic E-state index is 12.1. The molecule has 2 aromatic rings. The molecule has 5 heteroatoms. The van der Waals surface area contributed by atoms with E-state index in [0.717, 1.165) is 16.6 Å². The van der Waals surface area contributed by atoms with Crippen LogP contribution in [-0.2, 0) is 11.2 Å². The van der Waals surface area contributed by atoms with Crippen LogP contribution < -0.4 is 5.73 Å². The molecule has 0 radical (unpaired) electrons. The topological polar surface area (TPSA) is 75.0 Å². The molecular formula is C14H20N4O. The first-order valence-corrected chi connectivity index (χ1v) is 6.46. The van der Waals surface area contributed by atoms with Crippen LogP contribution in [0.25, 0.3) is 11.0 Å². The summed E-state index contributed by atoms with van der Waals surface area (Å²) in [5.41, 5.74) is 8.45. The molecule has 0 saturated heterocycles. The number of amides is 1. The number of hydrogen-bond donors (Lipinski definition) is 2.